The van der Waals surface area contributed by atoms with E-state index in [0.29, 0.717) is 12.2 Å². The van der Waals surface area contributed by atoms with Crippen molar-refractivity contribution < 1.29 is 14.6 Å². The van der Waals surface area contributed by atoms with Gasteiger partial charge in [-0.3, -0.25) is 4.79 Å². The van der Waals surface area contributed by atoms with Crippen molar-refractivity contribution in [1.82, 2.24) is 9.97 Å². The Morgan fingerprint density at radius 2 is 1.88 bits per heavy atom. The van der Waals surface area contributed by atoms with Crippen molar-refractivity contribution in [1.29, 1.82) is 0 Å². The van der Waals surface area contributed by atoms with Gasteiger partial charge in [-0.05, 0) is 32.8 Å². The zero-order valence-electron chi connectivity index (χ0n) is 10.6. The molecule has 0 amide bonds. The molecule has 5 nitrogen and oxygen atoms in total. The van der Waals surface area contributed by atoms with E-state index < -0.39 is 5.97 Å². The Morgan fingerprint density at radius 3 is 2.29 bits per heavy atom. The van der Waals surface area contributed by atoms with Gasteiger partial charge in [0, 0.05) is 24.9 Å². The second kappa shape index (κ2) is 5.72. The van der Waals surface area contributed by atoms with Crippen LogP contribution in [-0.2, 0) is 16.0 Å². The lowest BCUT2D eigenvalue weighted by Gasteiger charge is -2.13. The molecule has 1 unspecified atom stereocenters. The van der Waals surface area contributed by atoms with Crippen LogP contribution in [0.15, 0.2) is 0 Å². The van der Waals surface area contributed by atoms with Gasteiger partial charge in [0.05, 0.1) is 0 Å². The fraction of sp³-hybridized carbons (Fsp3) is 0.583. The third-order valence-corrected chi connectivity index (χ3v) is 2.74. The van der Waals surface area contributed by atoms with Crippen LogP contribution in [0.2, 0.25) is 0 Å². The molecule has 0 aromatic carbocycles. The highest BCUT2D eigenvalue weighted by molar-refractivity contribution is 5.67. The number of carboxylic acids is 1. The van der Waals surface area contributed by atoms with Gasteiger partial charge in [0.25, 0.3) is 0 Å². The number of aromatic nitrogens is 2. The zero-order valence-corrected chi connectivity index (χ0v) is 10.6. The number of carboxylic acid groups (broad SMARTS) is 1. The predicted molar refractivity (Wildman–Crippen MR) is 62.9 cm³/mol. The van der Waals surface area contributed by atoms with E-state index in [4.69, 9.17) is 9.84 Å². The van der Waals surface area contributed by atoms with Gasteiger partial charge in [-0.25, -0.2) is 9.97 Å². The SMILES string of the molecule is COC(C)c1nc(C)c(CCC(=O)O)c(C)n1. The van der Waals surface area contributed by atoms with Crippen molar-refractivity contribution in [3.8, 4) is 0 Å². The number of carbonyl (C=O) groups is 1. The summed E-state index contributed by atoms with van der Waals surface area (Å²) in [5.41, 5.74) is 2.58. The summed E-state index contributed by atoms with van der Waals surface area (Å²) in [5, 5.41) is 8.68. The minimum atomic E-state index is -0.807. The fourth-order valence-corrected chi connectivity index (χ4v) is 1.65. The Labute approximate surface area is 101 Å². The standard InChI is InChI=1S/C12H18N2O3/c1-7-10(5-6-11(15)16)8(2)14-12(13-7)9(3)17-4/h9H,5-6H2,1-4H3,(H,15,16). The first-order valence-corrected chi connectivity index (χ1v) is 5.54. The predicted octanol–water partition coefficient (Wildman–Crippen LogP) is 1.82. The van der Waals surface area contributed by atoms with Gasteiger partial charge in [0.15, 0.2) is 5.82 Å². The summed E-state index contributed by atoms with van der Waals surface area (Å²) in [5.74, 6) is -0.167. The van der Waals surface area contributed by atoms with Crippen LogP contribution in [0.3, 0.4) is 0 Å². The molecule has 1 aromatic rings. The molecule has 0 spiro atoms. The number of rotatable bonds is 5. The van der Waals surface area contributed by atoms with E-state index in [2.05, 4.69) is 9.97 Å². The molecule has 0 radical (unpaired) electrons. The van der Waals surface area contributed by atoms with Crippen molar-refractivity contribution in [2.24, 2.45) is 0 Å². The largest absolute Gasteiger partial charge is 0.481 e. The minimum Gasteiger partial charge on any atom is -0.481 e. The van der Waals surface area contributed by atoms with Crippen LogP contribution < -0.4 is 0 Å². The summed E-state index contributed by atoms with van der Waals surface area (Å²) >= 11 is 0. The molecule has 0 fully saturated rings. The van der Waals surface area contributed by atoms with Crippen molar-refractivity contribution in [3.05, 3.63) is 22.8 Å². The number of ether oxygens (including phenoxy) is 1. The molecule has 0 saturated heterocycles. The van der Waals surface area contributed by atoms with Gasteiger partial charge in [-0.2, -0.15) is 0 Å². The van der Waals surface area contributed by atoms with E-state index in [9.17, 15) is 4.79 Å². The van der Waals surface area contributed by atoms with E-state index >= 15 is 0 Å². The molecule has 1 rings (SSSR count). The number of aliphatic carboxylic acids is 1. The van der Waals surface area contributed by atoms with Crippen LogP contribution in [-0.4, -0.2) is 28.2 Å². The lowest BCUT2D eigenvalue weighted by molar-refractivity contribution is -0.136. The number of aryl methyl sites for hydroxylation is 2. The average Bonchev–Trinajstić information content (AvgIpc) is 2.26. The highest BCUT2D eigenvalue weighted by Gasteiger charge is 2.13. The topological polar surface area (TPSA) is 72.3 Å². The summed E-state index contributed by atoms with van der Waals surface area (Å²) < 4.78 is 5.17. The molecule has 17 heavy (non-hydrogen) atoms. The van der Waals surface area contributed by atoms with E-state index in [0.717, 1.165) is 17.0 Å². The maximum absolute atomic E-state index is 10.6. The van der Waals surface area contributed by atoms with Crippen molar-refractivity contribution in [3.63, 3.8) is 0 Å². The first kappa shape index (κ1) is 13.6. The summed E-state index contributed by atoms with van der Waals surface area (Å²) in [6.45, 7) is 5.63. The summed E-state index contributed by atoms with van der Waals surface area (Å²) in [7, 11) is 1.61. The number of methoxy groups -OCH3 is 1. The molecular weight excluding hydrogens is 220 g/mol. The molecule has 1 aromatic heterocycles. The van der Waals surface area contributed by atoms with Gasteiger partial charge >= 0.3 is 5.97 Å². The molecular formula is C12H18N2O3. The summed E-state index contributed by atoms with van der Waals surface area (Å²) in [6.07, 6.45) is 0.416. The quantitative estimate of drug-likeness (QED) is 0.847. The number of hydrogen-bond donors (Lipinski definition) is 1. The van der Waals surface area contributed by atoms with Crippen LogP contribution in [0.5, 0.6) is 0 Å². The van der Waals surface area contributed by atoms with Crippen LogP contribution in [0, 0.1) is 13.8 Å². The fourth-order valence-electron chi connectivity index (χ4n) is 1.65. The third-order valence-electron chi connectivity index (χ3n) is 2.74. The van der Waals surface area contributed by atoms with Crippen molar-refractivity contribution in [2.75, 3.05) is 7.11 Å². The first-order chi connectivity index (χ1) is 7.95. The lowest BCUT2D eigenvalue weighted by Crippen LogP contribution is -2.10. The van der Waals surface area contributed by atoms with Crippen LogP contribution in [0.4, 0.5) is 0 Å². The van der Waals surface area contributed by atoms with Crippen LogP contribution in [0.25, 0.3) is 0 Å². The Morgan fingerprint density at radius 1 is 1.35 bits per heavy atom. The number of hydrogen-bond acceptors (Lipinski definition) is 4. The summed E-state index contributed by atoms with van der Waals surface area (Å²) in [4.78, 5) is 19.3. The first-order valence-electron chi connectivity index (χ1n) is 5.54. The van der Waals surface area contributed by atoms with E-state index in [1.54, 1.807) is 7.11 Å². The van der Waals surface area contributed by atoms with E-state index in [1.807, 2.05) is 20.8 Å². The Balaban J connectivity index is 2.97. The van der Waals surface area contributed by atoms with E-state index in [-0.39, 0.29) is 12.5 Å². The molecule has 0 aliphatic heterocycles. The van der Waals surface area contributed by atoms with Crippen molar-refractivity contribution in [2.45, 2.75) is 39.7 Å². The van der Waals surface area contributed by atoms with Gasteiger partial charge in [0.1, 0.15) is 6.10 Å². The third kappa shape index (κ3) is 3.49. The summed E-state index contributed by atoms with van der Waals surface area (Å²) in [6, 6.07) is 0. The molecule has 0 aliphatic carbocycles. The normalized spacial score (nSPS) is 12.5. The van der Waals surface area contributed by atoms with Gasteiger partial charge in [0.2, 0.25) is 0 Å². The zero-order chi connectivity index (χ0) is 13.0. The van der Waals surface area contributed by atoms with Crippen LogP contribution >= 0.6 is 0 Å². The Kier molecular flexibility index (Phi) is 4.57. The maximum Gasteiger partial charge on any atom is 0.303 e. The van der Waals surface area contributed by atoms with Gasteiger partial charge in [-0.15, -0.1) is 0 Å². The highest BCUT2D eigenvalue weighted by Crippen LogP contribution is 2.17. The highest BCUT2D eigenvalue weighted by atomic mass is 16.5. The molecule has 1 N–H and O–H groups in total. The second-order valence-corrected chi connectivity index (χ2v) is 4.00. The second-order valence-electron chi connectivity index (χ2n) is 4.00. The molecule has 1 heterocycles. The molecule has 5 heteroatoms. The molecule has 0 saturated carbocycles. The molecule has 1 atom stereocenters. The lowest BCUT2D eigenvalue weighted by atomic mass is 10.1. The number of nitrogens with zero attached hydrogens (tertiary/aromatic N) is 2. The Hall–Kier alpha value is -1.49. The molecule has 0 aliphatic rings. The smallest absolute Gasteiger partial charge is 0.303 e. The van der Waals surface area contributed by atoms with Gasteiger partial charge in [-0.1, -0.05) is 0 Å². The van der Waals surface area contributed by atoms with Crippen molar-refractivity contribution >= 4 is 5.97 Å². The Bertz CT molecular complexity index is 395. The monoisotopic (exact) mass is 238 g/mol. The van der Waals surface area contributed by atoms with Gasteiger partial charge < -0.3 is 9.84 Å². The molecule has 94 valence electrons. The minimum absolute atomic E-state index is 0.101. The van der Waals surface area contributed by atoms with E-state index in [1.165, 1.54) is 0 Å². The average molecular weight is 238 g/mol. The maximum atomic E-state index is 10.6. The van der Waals surface area contributed by atoms with Crippen LogP contribution in [0.1, 0.15) is 42.2 Å². The molecule has 0 bridgehead atoms.